The van der Waals surface area contributed by atoms with Gasteiger partial charge in [0.1, 0.15) is 5.69 Å². The van der Waals surface area contributed by atoms with Gasteiger partial charge in [0.2, 0.25) is 0 Å². The summed E-state index contributed by atoms with van der Waals surface area (Å²) in [6.45, 7) is 6.55. The summed E-state index contributed by atoms with van der Waals surface area (Å²) in [5.74, 6) is -0.112. The molecule has 102 valence electrons. The van der Waals surface area contributed by atoms with Crippen molar-refractivity contribution in [2.45, 2.75) is 45.7 Å². The van der Waals surface area contributed by atoms with E-state index in [0.29, 0.717) is 17.3 Å². The van der Waals surface area contributed by atoms with Crippen molar-refractivity contribution in [1.29, 1.82) is 0 Å². The molecule has 0 aliphatic carbocycles. The molecule has 0 saturated carbocycles. The van der Waals surface area contributed by atoms with Crippen LogP contribution in [0, 0.1) is 0 Å². The number of hydrogen-bond donors (Lipinski definition) is 2. The highest BCUT2D eigenvalue weighted by Crippen LogP contribution is 2.19. The minimum atomic E-state index is -0.112. The average Bonchev–Trinajstić information content (AvgIpc) is 2.71. The van der Waals surface area contributed by atoms with Crippen LogP contribution < -0.4 is 11.1 Å². The van der Waals surface area contributed by atoms with E-state index in [2.05, 4.69) is 12.2 Å². The van der Waals surface area contributed by atoms with Crippen molar-refractivity contribution in [3.8, 4) is 0 Å². The zero-order valence-electron chi connectivity index (χ0n) is 11.2. The third-order valence-electron chi connectivity index (χ3n) is 2.86. The SMILES string of the molecule is CCCC(CN)NC(=O)c1cc(Cl)cn1C(C)C. The Kier molecular flexibility index (Phi) is 5.69. The Bertz CT molecular complexity index is 401. The first-order chi connectivity index (χ1) is 8.49. The molecule has 1 aromatic rings. The zero-order valence-corrected chi connectivity index (χ0v) is 12.0. The summed E-state index contributed by atoms with van der Waals surface area (Å²) >= 11 is 5.96. The van der Waals surface area contributed by atoms with Gasteiger partial charge in [-0.3, -0.25) is 4.79 Å². The molecular weight excluding hydrogens is 250 g/mol. The van der Waals surface area contributed by atoms with Crippen LogP contribution in [0.5, 0.6) is 0 Å². The number of carbonyl (C=O) groups excluding carboxylic acids is 1. The monoisotopic (exact) mass is 271 g/mol. The number of nitrogens with zero attached hydrogens (tertiary/aromatic N) is 1. The maximum Gasteiger partial charge on any atom is 0.268 e. The highest BCUT2D eigenvalue weighted by Gasteiger charge is 2.17. The van der Waals surface area contributed by atoms with Gasteiger partial charge in [-0.25, -0.2) is 0 Å². The fraction of sp³-hybridized carbons (Fsp3) is 0.615. The summed E-state index contributed by atoms with van der Waals surface area (Å²) in [7, 11) is 0. The van der Waals surface area contributed by atoms with E-state index in [0.717, 1.165) is 12.8 Å². The highest BCUT2D eigenvalue weighted by atomic mass is 35.5. The summed E-state index contributed by atoms with van der Waals surface area (Å²) in [5.41, 5.74) is 6.23. The minimum absolute atomic E-state index is 0.0248. The molecule has 1 rings (SSSR count). The maximum absolute atomic E-state index is 12.2. The number of aromatic nitrogens is 1. The van der Waals surface area contributed by atoms with Crippen LogP contribution in [-0.2, 0) is 0 Å². The van der Waals surface area contributed by atoms with Gasteiger partial charge in [0, 0.05) is 24.8 Å². The molecule has 1 atom stereocenters. The summed E-state index contributed by atoms with van der Waals surface area (Å²) in [4.78, 5) is 12.2. The molecule has 0 bridgehead atoms. The molecule has 1 heterocycles. The predicted octanol–water partition coefficient (Wildman–Crippen LogP) is 2.58. The van der Waals surface area contributed by atoms with E-state index in [4.69, 9.17) is 17.3 Å². The van der Waals surface area contributed by atoms with Gasteiger partial charge in [-0.05, 0) is 26.3 Å². The van der Waals surface area contributed by atoms with Gasteiger partial charge in [-0.15, -0.1) is 0 Å². The van der Waals surface area contributed by atoms with Crippen LogP contribution in [0.15, 0.2) is 12.3 Å². The average molecular weight is 272 g/mol. The van der Waals surface area contributed by atoms with Gasteiger partial charge in [-0.2, -0.15) is 0 Å². The standard InChI is InChI=1S/C13H22ClN3O/c1-4-5-11(7-15)16-13(18)12-6-10(14)8-17(12)9(2)3/h6,8-9,11H,4-5,7,15H2,1-3H3,(H,16,18). The Labute approximate surface area is 113 Å². The number of nitrogens with two attached hydrogens (primary N) is 1. The number of rotatable bonds is 6. The Hall–Kier alpha value is -1.00. The molecule has 4 nitrogen and oxygen atoms in total. The Balaban J connectivity index is 2.83. The minimum Gasteiger partial charge on any atom is -0.347 e. The molecule has 0 aromatic carbocycles. The van der Waals surface area contributed by atoms with E-state index < -0.39 is 0 Å². The lowest BCUT2D eigenvalue weighted by Crippen LogP contribution is -2.40. The molecule has 1 unspecified atom stereocenters. The second-order valence-electron chi connectivity index (χ2n) is 4.74. The van der Waals surface area contributed by atoms with E-state index >= 15 is 0 Å². The van der Waals surface area contributed by atoms with Crippen molar-refractivity contribution in [3.63, 3.8) is 0 Å². The zero-order chi connectivity index (χ0) is 13.7. The fourth-order valence-corrected chi connectivity index (χ4v) is 2.12. The molecule has 0 saturated heterocycles. The van der Waals surface area contributed by atoms with Crippen LogP contribution in [0.25, 0.3) is 0 Å². The second kappa shape index (κ2) is 6.81. The number of amides is 1. The summed E-state index contributed by atoms with van der Waals surface area (Å²) in [6, 6.07) is 1.91. The summed E-state index contributed by atoms with van der Waals surface area (Å²) < 4.78 is 1.87. The second-order valence-corrected chi connectivity index (χ2v) is 5.18. The lowest BCUT2D eigenvalue weighted by molar-refractivity contribution is 0.0925. The van der Waals surface area contributed by atoms with Gasteiger partial charge >= 0.3 is 0 Å². The first kappa shape index (κ1) is 15.1. The smallest absolute Gasteiger partial charge is 0.268 e. The van der Waals surface area contributed by atoms with Crippen molar-refractivity contribution in [2.75, 3.05) is 6.54 Å². The first-order valence-corrected chi connectivity index (χ1v) is 6.75. The molecule has 0 aliphatic rings. The van der Waals surface area contributed by atoms with Crippen LogP contribution in [0.2, 0.25) is 5.02 Å². The van der Waals surface area contributed by atoms with E-state index in [1.807, 2.05) is 18.4 Å². The van der Waals surface area contributed by atoms with Crippen LogP contribution in [0.4, 0.5) is 0 Å². The molecule has 1 aromatic heterocycles. The van der Waals surface area contributed by atoms with Crippen molar-refractivity contribution < 1.29 is 4.79 Å². The molecule has 0 fully saturated rings. The molecule has 5 heteroatoms. The quantitative estimate of drug-likeness (QED) is 0.835. The lowest BCUT2D eigenvalue weighted by Gasteiger charge is -2.18. The highest BCUT2D eigenvalue weighted by molar-refractivity contribution is 6.31. The fourth-order valence-electron chi connectivity index (χ4n) is 1.91. The van der Waals surface area contributed by atoms with Gasteiger partial charge < -0.3 is 15.6 Å². The van der Waals surface area contributed by atoms with Crippen LogP contribution >= 0.6 is 11.6 Å². The topological polar surface area (TPSA) is 60.0 Å². The molecule has 0 aliphatic heterocycles. The Morgan fingerprint density at radius 1 is 1.56 bits per heavy atom. The van der Waals surface area contributed by atoms with Crippen LogP contribution in [0.3, 0.4) is 0 Å². The maximum atomic E-state index is 12.2. The largest absolute Gasteiger partial charge is 0.347 e. The van der Waals surface area contributed by atoms with Gasteiger partial charge in [0.15, 0.2) is 0 Å². The molecule has 0 radical (unpaired) electrons. The van der Waals surface area contributed by atoms with Crippen molar-refractivity contribution in [1.82, 2.24) is 9.88 Å². The van der Waals surface area contributed by atoms with Gasteiger partial charge in [0.05, 0.1) is 5.02 Å². The van der Waals surface area contributed by atoms with Crippen LogP contribution in [-0.4, -0.2) is 23.1 Å². The predicted molar refractivity (Wildman–Crippen MR) is 75.0 cm³/mol. The number of hydrogen-bond acceptors (Lipinski definition) is 2. The van der Waals surface area contributed by atoms with Crippen molar-refractivity contribution >= 4 is 17.5 Å². The number of carbonyl (C=O) groups is 1. The van der Waals surface area contributed by atoms with Crippen LogP contribution in [0.1, 0.15) is 50.1 Å². The summed E-state index contributed by atoms with van der Waals surface area (Å²) in [5, 5.41) is 3.53. The third-order valence-corrected chi connectivity index (χ3v) is 3.07. The summed E-state index contributed by atoms with van der Waals surface area (Å²) in [6.07, 6.45) is 3.66. The molecule has 3 N–H and O–H groups in total. The molecule has 1 amide bonds. The number of nitrogens with one attached hydrogen (secondary N) is 1. The Morgan fingerprint density at radius 3 is 2.72 bits per heavy atom. The lowest BCUT2D eigenvalue weighted by atomic mass is 10.1. The number of halogens is 1. The molecule has 0 spiro atoms. The van der Waals surface area contributed by atoms with Gasteiger partial charge in [0.25, 0.3) is 5.91 Å². The van der Waals surface area contributed by atoms with Gasteiger partial charge in [-0.1, -0.05) is 24.9 Å². The van der Waals surface area contributed by atoms with E-state index in [9.17, 15) is 4.79 Å². The Morgan fingerprint density at radius 2 is 2.22 bits per heavy atom. The normalized spacial score (nSPS) is 12.8. The molecular formula is C13H22ClN3O. The van der Waals surface area contributed by atoms with E-state index in [1.165, 1.54) is 0 Å². The third kappa shape index (κ3) is 3.75. The van der Waals surface area contributed by atoms with Crippen molar-refractivity contribution in [2.24, 2.45) is 5.73 Å². The first-order valence-electron chi connectivity index (χ1n) is 6.37. The van der Waals surface area contributed by atoms with E-state index in [-0.39, 0.29) is 18.0 Å². The van der Waals surface area contributed by atoms with E-state index in [1.54, 1.807) is 12.3 Å². The van der Waals surface area contributed by atoms with Crippen molar-refractivity contribution in [3.05, 3.63) is 23.0 Å². The molecule has 18 heavy (non-hydrogen) atoms.